The maximum Gasteiger partial charge on any atom is 0.244 e. The highest BCUT2D eigenvalue weighted by molar-refractivity contribution is 7.89. The molecule has 0 aliphatic rings. The number of fused-ring (bicyclic) bond motifs is 1. The second kappa shape index (κ2) is 9.78. The zero-order valence-electron chi connectivity index (χ0n) is 18.2. The van der Waals surface area contributed by atoms with Crippen molar-refractivity contribution in [2.24, 2.45) is 5.92 Å². The van der Waals surface area contributed by atoms with Gasteiger partial charge in [0.15, 0.2) is 0 Å². The van der Waals surface area contributed by atoms with E-state index in [1.807, 2.05) is 62.4 Å². The standard InChI is InChI=1S/C24H24N4O3S2/c1-3-16(2)21(22(29)25-24-27-26-23(32-24)18-11-5-4-6-12-18)28-33(30,31)20-15-9-13-17-10-7-8-14-19(17)20/h4-16,21,28H,3H2,1-2H3,(H,25,27,29)/t16-,21-/m0/s1. The molecule has 2 N–H and O–H groups in total. The molecule has 0 aliphatic heterocycles. The van der Waals surface area contributed by atoms with Crippen LogP contribution in [0.25, 0.3) is 21.3 Å². The number of carbonyl (C=O) groups excluding carboxylic acids is 1. The number of benzene rings is 3. The number of aromatic nitrogens is 2. The number of nitrogens with one attached hydrogen (secondary N) is 2. The summed E-state index contributed by atoms with van der Waals surface area (Å²) in [4.78, 5) is 13.3. The molecule has 0 spiro atoms. The van der Waals surface area contributed by atoms with Crippen molar-refractivity contribution in [3.8, 4) is 10.6 Å². The van der Waals surface area contributed by atoms with Crippen molar-refractivity contribution in [1.29, 1.82) is 0 Å². The minimum absolute atomic E-state index is 0.143. The van der Waals surface area contributed by atoms with E-state index in [4.69, 9.17) is 0 Å². The molecule has 7 nitrogen and oxygen atoms in total. The van der Waals surface area contributed by atoms with E-state index in [0.29, 0.717) is 21.9 Å². The lowest BCUT2D eigenvalue weighted by Gasteiger charge is -2.23. The van der Waals surface area contributed by atoms with Crippen molar-refractivity contribution >= 4 is 43.2 Å². The minimum Gasteiger partial charge on any atom is -0.299 e. The predicted octanol–water partition coefficient (Wildman–Crippen LogP) is 4.69. The Kier molecular flexibility index (Phi) is 6.83. The third kappa shape index (κ3) is 5.11. The zero-order chi connectivity index (χ0) is 23.4. The summed E-state index contributed by atoms with van der Waals surface area (Å²) in [5.41, 5.74) is 0.894. The van der Waals surface area contributed by atoms with E-state index in [9.17, 15) is 13.2 Å². The lowest BCUT2D eigenvalue weighted by Crippen LogP contribution is -2.47. The van der Waals surface area contributed by atoms with Gasteiger partial charge in [0.2, 0.25) is 21.1 Å². The zero-order valence-corrected chi connectivity index (χ0v) is 19.9. The fourth-order valence-electron chi connectivity index (χ4n) is 3.48. The summed E-state index contributed by atoms with van der Waals surface area (Å²) in [7, 11) is -3.96. The summed E-state index contributed by atoms with van der Waals surface area (Å²) in [6, 6.07) is 20.9. The molecule has 1 amide bonds. The van der Waals surface area contributed by atoms with E-state index in [1.165, 1.54) is 11.3 Å². The summed E-state index contributed by atoms with van der Waals surface area (Å²) in [5.74, 6) is -0.708. The van der Waals surface area contributed by atoms with E-state index >= 15 is 0 Å². The van der Waals surface area contributed by atoms with Gasteiger partial charge in [-0.3, -0.25) is 10.1 Å². The first-order valence-corrected chi connectivity index (χ1v) is 12.9. The second-order valence-corrected chi connectivity index (χ2v) is 10.4. The number of hydrogen-bond donors (Lipinski definition) is 2. The maximum absolute atomic E-state index is 13.3. The summed E-state index contributed by atoms with van der Waals surface area (Å²) in [6.07, 6.45) is 0.613. The van der Waals surface area contributed by atoms with Gasteiger partial charge in [0.25, 0.3) is 0 Å². The molecule has 0 aliphatic carbocycles. The van der Waals surface area contributed by atoms with Crippen LogP contribution in [0.1, 0.15) is 20.3 Å². The number of nitrogens with zero attached hydrogens (tertiary/aromatic N) is 2. The normalized spacial score (nSPS) is 13.5. The van der Waals surface area contributed by atoms with Crippen molar-refractivity contribution in [2.45, 2.75) is 31.2 Å². The first-order chi connectivity index (χ1) is 15.9. The third-order valence-electron chi connectivity index (χ3n) is 5.49. The largest absolute Gasteiger partial charge is 0.299 e. The third-order valence-corrected chi connectivity index (χ3v) is 7.88. The van der Waals surface area contributed by atoms with Gasteiger partial charge in [0.1, 0.15) is 11.0 Å². The molecule has 0 bridgehead atoms. The summed E-state index contributed by atoms with van der Waals surface area (Å²) in [6.45, 7) is 3.75. The Hall–Kier alpha value is -3.14. The number of amides is 1. The molecule has 4 aromatic rings. The Labute approximate surface area is 196 Å². The molecule has 0 saturated carbocycles. The fourth-order valence-corrected chi connectivity index (χ4v) is 5.76. The van der Waals surface area contributed by atoms with Gasteiger partial charge in [0, 0.05) is 10.9 Å². The Morgan fingerprint density at radius 1 is 0.970 bits per heavy atom. The molecule has 4 rings (SSSR count). The van der Waals surface area contributed by atoms with Gasteiger partial charge in [-0.25, -0.2) is 8.42 Å². The lowest BCUT2D eigenvalue weighted by atomic mass is 9.99. The first kappa shape index (κ1) is 23.0. The van der Waals surface area contributed by atoms with Crippen molar-refractivity contribution in [3.63, 3.8) is 0 Å². The highest BCUT2D eigenvalue weighted by Gasteiger charge is 2.31. The van der Waals surface area contributed by atoms with Crippen LogP contribution >= 0.6 is 11.3 Å². The van der Waals surface area contributed by atoms with Crippen LogP contribution in [0.4, 0.5) is 5.13 Å². The fraction of sp³-hybridized carbons (Fsp3) is 0.208. The molecule has 0 unspecified atom stereocenters. The van der Waals surface area contributed by atoms with Gasteiger partial charge in [-0.05, 0) is 17.4 Å². The number of rotatable bonds is 8. The SMILES string of the molecule is CC[C@H](C)[C@H](NS(=O)(=O)c1cccc2ccccc12)C(=O)Nc1nnc(-c2ccccc2)s1. The summed E-state index contributed by atoms with van der Waals surface area (Å²) < 4.78 is 29.2. The van der Waals surface area contributed by atoms with Gasteiger partial charge < -0.3 is 0 Å². The molecule has 1 aromatic heterocycles. The van der Waals surface area contributed by atoms with E-state index in [1.54, 1.807) is 24.3 Å². The van der Waals surface area contributed by atoms with Gasteiger partial charge in [-0.2, -0.15) is 4.72 Å². The molecule has 33 heavy (non-hydrogen) atoms. The van der Waals surface area contributed by atoms with Crippen LogP contribution in [0.15, 0.2) is 77.7 Å². The van der Waals surface area contributed by atoms with Gasteiger partial charge in [0.05, 0.1) is 4.90 Å². The van der Waals surface area contributed by atoms with Gasteiger partial charge in [-0.1, -0.05) is 98.3 Å². The molecule has 1 heterocycles. The Morgan fingerprint density at radius 3 is 2.42 bits per heavy atom. The van der Waals surface area contributed by atoms with E-state index < -0.39 is 22.0 Å². The average Bonchev–Trinajstić information content (AvgIpc) is 3.30. The van der Waals surface area contributed by atoms with Crippen molar-refractivity contribution in [3.05, 3.63) is 72.8 Å². The molecular formula is C24H24N4O3S2. The van der Waals surface area contributed by atoms with Crippen molar-refractivity contribution in [2.75, 3.05) is 5.32 Å². The smallest absolute Gasteiger partial charge is 0.244 e. The first-order valence-electron chi connectivity index (χ1n) is 10.6. The lowest BCUT2D eigenvalue weighted by molar-refractivity contribution is -0.118. The highest BCUT2D eigenvalue weighted by Crippen LogP contribution is 2.27. The monoisotopic (exact) mass is 480 g/mol. The topological polar surface area (TPSA) is 101 Å². The molecule has 0 saturated heterocycles. The quantitative estimate of drug-likeness (QED) is 0.381. The van der Waals surface area contributed by atoms with E-state index in [0.717, 1.165) is 10.9 Å². The highest BCUT2D eigenvalue weighted by atomic mass is 32.2. The van der Waals surface area contributed by atoms with Crippen molar-refractivity contribution in [1.82, 2.24) is 14.9 Å². The molecular weight excluding hydrogens is 456 g/mol. The number of sulfonamides is 1. The van der Waals surface area contributed by atoms with Crippen LogP contribution in [0.5, 0.6) is 0 Å². The van der Waals surface area contributed by atoms with Crippen LogP contribution in [-0.2, 0) is 14.8 Å². The van der Waals surface area contributed by atoms with Crippen LogP contribution < -0.4 is 10.0 Å². The van der Waals surface area contributed by atoms with Crippen LogP contribution in [-0.4, -0.2) is 30.6 Å². The molecule has 0 fully saturated rings. The molecule has 9 heteroatoms. The molecule has 0 radical (unpaired) electrons. The molecule has 3 aromatic carbocycles. The molecule has 170 valence electrons. The Morgan fingerprint density at radius 2 is 1.67 bits per heavy atom. The van der Waals surface area contributed by atoms with Gasteiger partial charge >= 0.3 is 0 Å². The number of anilines is 1. The Balaban J connectivity index is 1.58. The second-order valence-electron chi connectivity index (χ2n) is 7.73. The van der Waals surface area contributed by atoms with Crippen molar-refractivity contribution < 1.29 is 13.2 Å². The van der Waals surface area contributed by atoms with E-state index in [-0.39, 0.29) is 10.8 Å². The van der Waals surface area contributed by atoms with Crippen LogP contribution in [0.2, 0.25) is 0 Å². The number of hydrogen-bond acceptors (Lipinski definition) is 6. The summed E-state index contributed by atoms with van der Waals surface area (Å²) in [5, 5.41) is 13.3. The predicted molar refractivity (Wildman–Crippen MR) is 131 cm³/mol. The van der Waals surface area contributed by atoms with Crippen LogP contribution in [0.3, 0.4) is 0 Å². The average molecular weight is 481 g/mol. The number of carbonyl (C=O) groups is 1. The maximum atomic E-state index is 13.3. The van der Waals surface area contributed by atoms with Gasteiger partial charge in [-0.15, -0.1) is 10.2 Å². The minimum atomic E-state index is -3.96. The Bertz CT molecular complexity index is 1370. The molecule has 2 atom stereocenters. The van der Waals surface area contributed by atoms with E-state index in [2.05, 4.69) is 20.2 Å². The van der Waals surface area contributed by atoms with Crippen LogP contribution in [0, 0.1) is 5.92 Å². The summed E-state index contributed by atoms with van der Waals surface area (Å²) >= 11 is 1.24.